The van der Waals surface area contributed by atoms with Crippen LogP contribution < -0.4 is 11.1 Å². The second-order valence-corrected chi connectivity index (χ2v) is 6.84. The first-order chi connectivity index (χ1) is 13.7. The van der Waals surface area contributed by atoms with E-state index in [-0.39, 0.29) is 17.3 Å². The van der Waals surface area contributed by atoms with Crippen molar-refractivity contribution >= 4 is 17.0 Å². The van der Waals surface area contributed by atoms with Crippen molar-refractivity contribution in [3.8, 4) is 22.6 Å². The molecule has 0 aromatic carbocycles. The van der Waals surface area contributed by atoms with Crippen molar-refractivity contribution in [3.63, 3.8) is 0 Å². The van der Waals surface area contributed by atoms with Crippen LogP contribution >= 0.6 is 0 Å². The quantitative estimate of drug-likeness (QED) is 0.563. The van der Waals surface area contributed by atoms with Crippen molar-refractivity contribution in [1.82, 2.24) is 30.0 Å². The minimum absolute atomic E-state index is 0.255. The van der Waals surface area contributed by atoms with Crippen LogP contribution in [0.15, 0.2) is 41.3 Å². The molecule has 1 fully saturated rings. The third-order valence-corrected chi connectivity index (χ3v) is 4.98. The predicted molar refractivity (Wildman–Crippen MR) is 102 cm³/mol. The zero-order valence-electron chi connectivity index (χ0n) is 15.0. The standard InChI is InChI=1S/C19H18FN7O/c20-13-6-16-18(24-9-13)26-19(28-16)15-5-11(7-23-17(15)21)12-8-25-27(10-12)14-1-3-22-4-2-14/h5-10,14,22H,1-4H2,(H2,21,23). The fourth-order valence-corrected chi connectivity index (χ4v) is 3.47. The summed E-state index contributed by atoms with van der Waals surface area (Å²) in [7, 11) is 0. The second kappa shape index (κ2) is 6.68. The maximum Gasteiger partial charge on any atom is 0.232 e. The number of nitrogens with zero attached hydrogens (tertiary/aromatic N) is 5. The van der Waals surface area contributed by atoms with Gasteiger partial charge in [-0.25, -0.2) is 14.4 Å². The minimum Gasteiger partial charge on any atom is -0.434 e. The average Bonchev–Trinajstić information content (AvgIpc) is 3.36. The van der Waals surface area contributed by atoms with Gasteiger partial charge in [-0.05, 0) is 32.0 Å². The summed E-state index contributed by atoms with van der Waals surface area (Å²) in [5.41, 5.74) is 8.94. The number of rotatable bonds is 3. The van der Waals surface area contributed by atoms with Crippen LogP contribution in [0.3, 0.4) is 0 Å². The molecular formula is C19H18FN7O. The summed E-state index contributed by atoms with van der Waals surface area (Å²) in [6.07, 6.45) is 8.75. The summed E-state index contributed by atoms with van der Waals surface area (Å²) < 4.78 is 21.0. The molecule has 0 saturated carbocycles. The van der Waals surface area contributed by atoms with Gasteiger partial charge in [0.1, 0.15) is 11.6 Å². The first kappa shape index (κ1) is 16.8. The van der Waals surface area contributed by atoms with Crippen molar-refractivity contribution in [2.75, 3.05) is 18.8 Å². The highest BCUT2D eigenvalue weighted by atomic mass is 19.1. The maximum absolute atomic E-state index is 13.4. The number of halogens is 1. The molecule has 4 aromatic rings. The third-order valence-electron chi connectivity index (χ3n) is 4.98. The maximum atomic E-state index is 13.4. The van der Waals surface area contributed by atoms with Gasteiger partial charge in [0.15, 0.2) is 11.2 Å². The molecule has 0 bridgehead atoms. The van der Waals surface area contributed by atoms with Gasteiger partial charge < -0.3 is 15.5 Å². The summed E-state index contributed by atoms with van der Waals surface area (Å²) in [5.74, 6) is 0.0487. The van der Waals surface area contributed by atoms with E-state index in [9.17, 15) is 4.39 Å². The molecule has 5 rings (SSSR count). The lowest BCUT2D eigenvalue weighted by molar-refractivity contribution is 0.343. The van der Waals surface area contributed by atoms with Crippen LogP contribution in [-0.4, -0.2) is 37.8 Å². The number of nitrogens with two attached hydrogens (primary N) is 1. The molecule has 0 aliphatic carbocycles. The van der Waals surface area contributed by atoms with E-state index in [1.165, 1.54) is 6.07 Å². The SMILES string of the molecule is Nc1ncc(-c2cnn(C3CCNCC3)c2)cc1-c1nc2ncc(F)cc2o1. The topological polar surface area (TPSA) is 108 Å². The van der Waals surface area contributed by atoms with E-state index in [2.05, 4.69) is 25.4 Å². The Labute approximate surface area is 159 Å². The number of hydrogen-bond donors (Lipinski definition) is 2. The summed E-state index contributed by atoms with van der Waals surface area (Å²) in [5, 5.41) is 7.88. The Hall–Kier alpha value is -3.33. The Kier molecular flexibility index (Phi) is 4.01. The van der Waals surface area contributed by atoms with Gasteiger partial charge in [-0.15, -0.1) is 0 Å². The molecule has 5 heterocycles. The first-order valence-electron chi connectivity index (χ1n) is 9.10. The largest absolute Gasteiger partial charge is 0.434 e. The third kappa shape index (κ3) is 2.99. The van der Waals surface area contributed by atoms with Gasteiger partial charge in [0.2, 0.25) is 5.89 Å². The Morgan fingerprint density at radius 2 is 1.96 bits per heavy atom. The molecule has 0 amide bonds. The molecular weight excluding hydrogens is 361 g/mol. The van der Waals surface area contributed by atoms with Gasteiger partial charge in [0.05, 0.1) is 24.0 Å². The van der Waals surface area contributed by atoms with E-state index >= 15 is 0 Å². The van der Waals surface area contributed by atoms with Gasteiger partial charge in [0, 0.05) is 29.6 Å². The van der Waals surface area contributed by atoms with E-state index in [0.29, 0.717) is 17.3 Å². The van der Waals surface area contributed by atoms with Gasteiger partial charge in [0.25, 0.3) is 0 Å². The van der Waals surface area contributed by atoms with Crippen LogP contribution in [-0.2, 0) is 0 Å². The van der Waals surface area contributed by atoms with E-state index in [4.69, 9.17) is 10.2 Å². The van der Waals surface area contributed by atoms with Crippen LogP contribution in [0.5, 0.6) is 0 Å². The van der Waals surface area contributed by atoms with Gasteiger partial charge in [-0.3, -0.25) is 4.68 Å². The zero-order valence-corrected chi connectivity index (χ0v) is 15.0. The molecule has 4 aromatic heterocycles. The lowest BCUT2D eigenvalue weighted by Gasteiger charge is -2.22. The Morgan fingerprint density at radius 1 is 1.11 bits per heavy atom. The molecule has 0 atom stereocenters. The van der Waals surface area contributed by atoms with Crippen molar-refractivity contribution in [1.29, 1.82) is 0 Å². The number of anilines is 1. The van der Waals surface area contributed by atoms with Crippen LogP contribution in [0, 0.1) is 5.82 Å². The van der Waals surface area contributed by atoms with E-state index < -0.39 is 5.82 Å². The van der Waals surface area contributed by atoms with Gasteiger partial charge >= 0.3 is 0 Å². The minimum atomic E-state index is -0.486. The van der Waals surface area contributed by atoms with Crippen LogP contribution in [0.25, 0.3) is 33.8 Å². The van der Waals surface area contributed by atoms with E-state index in [0.717, 1.165) is 43.3 Å². The lowest BCUT2D eigenvalue weighted by atomic mass is 10.1. The number of nitrogen functional groups attached to an aromatic ring is 1. The van der Waals surface area contributed by atoms with Crippen molar-refractivity contribution in [3.05, 3.63) is 42.7 Å². The summed E-state index contributed by atoms with van der Waals surface area (Å²) in [4.78, 5) is 12.5. The van der Waals surface area contributed by atoms with Crippen LogP contribution in [0.1, 0.15) is 18.9 Å². The highest BCUT2D eigenvalue weighted by Gasteiger charge is 2.18. The molecule has 3 N–H and O–H groups in total. The number of pyridine rings is 2. The number of piperidine rings is 1. The predicted octanol–water partition coefficient (Wildman–Crippen LogP) is 2.79. The van der Waals surface area contributed by atoms with Crippen molar-refractivity contribution in [2.24, 2.45) is 0 Å². The molecule has 1 aliphatic heterocycles. The molecule has 0 radical (unpaired) electrons. The fourth-order valence-electron chi connectivity index (χ4n) is 3.47. The molecule has 1 aliphatic rings. The zero-order chi connectivity index (χ0) is 19.1. The molecule has 9 heteroatoms. The smallest absolute Gasteiger partial charge is 0.232 e. The fraction of sp³-hybridized carbons (Fsp3) is 0.263. The normalized spacial score (nSPS) is 15.3. The summed E-state index contributed by atoms with van der Waals surface area (Å²) >= 11 is 0. The molecule has 28 heavy (non-hydrogen) atoms. The summed E-state index contributed by atoms with van der Waals surface area (Å²) in [6.45, 7) is 2.00. The molecule has 8 nitrogen and oxygen atoms in total. The monoisotopic (exact) mass is 379 g/mol. The molecule has 142 valence electrons. The number of aromatic nitrogens is 5. The van der Waals surface area contributed by atoms with Crippen molar-refractivity contribution in [2.45, 2.75) is 18.9 Å². The van der Waals surface area contributed by atoms with E-state index in [1.54, 1.807) is 6.20 Å². The highest BCUT2D eigenvalue weighted by Crippen LogP contribution is 2.31. The Bertz CT molecular complexity index is 1150. The van der Waals surface area contributed by atoms with Gasteiger partial charge in [-0.1, -0.05) is 0 Å². The number of fused-ring (bicyclic) bond motifs is 1. The van der Waals surface area contributed by atoms with Crippen molar-refractivity contribution < 1.29 is 8.81 Å². The van der Waals surface area contributed by atoms with Gasteiger partial charge in [-0.2, -0.15) is 10.1 Å². The number of oxazole rings is 1. The molecule has 0 spiro atoms. The van der Waals surface area contributed by atoms with Crippen LogP contribution in [0.2, 0.25) is 0 Å². The summed E-state index contributed by atoms with van der Waals surface area (Å²) in [6, 6.07) is 3.50. The number of nitrogens with one attached hydrogen (secondary N) is 1. The van der Waals surface area contributed by atoms with E-state index in [1.807, 2.05) is 23.1 Å². The number of hydrogen-bond acceptors (Lipinski definition) is 7. The lowest BCUT2D eigenvalue weighted by Crippen LogP contribution is -2.29. The Balaban J connectivity index is 1.51. The molecule has 1 saturated heterocycles. The molecule has 0 unspecified atom stereocenters. The highest BCUT2D eigenvalue weighted by molar-refractivity contribution is 5.79. The second-order valence-electron chi connectivity index (χ2n) is 6.84. The first-order valence-corrected chi connectivity index (χ1v) is 9.10. The average molecular weight is 379 g/mol. The van der Waals surface area contributed by atoms with Crippen LogP contribution in [0.4, 0.5) is 10.2 Å². The Morgan fingerprint density at radius 3 is 2.82 bits per heavy atom.